The maximum atomic E-state index is 13.9. The molecule has 0 spiro atoms. The number of hydrogen-bond acceptors (Lipinski definition) is 4. The van der Waals surface area contributed by atoms with Crippen molar-refractivity contribution in [2.24, 2.45) is 5.73 Å². The van der Waals surface area contributed by atoms with Gasteiger partial charge in [0.05, 0.1) is 5.39 Å². The maximum Gasteiger partial charge on any atom is 0.138 e. The Kier molecular flexibility index (Phi) is 2.98. The van der Waals surface area contributed by atoms with E-state index in [4.69, 9.17) is 11.5 Å². The molecule has 1 aliphatic rings. The second-order valence-corrected chi connectivity index (χ2v) is 5.02. The molecule has 0 saturated carbocycles. The Labute approximate surface area is 111 Å². The van der Waals surface area contributed by atoms with Crippen LogP contribution in [0.5, 0.6) is 0 Å². The zero-order chi connectivity index (χ0) is 13.4. The highest BCUT2D eigenvalue weighted by Gasteiger charge is 2.20. The summed E-state index contributed by atoms with van der Waals surface area (Å²) >= 11 is 0. The number of halogens is 1. The number of nitrogens with zero attached hydrogens (tertiary/aromatic N) is 2. The Morgan fingerprint density at radius 3 is 2.68 bits per heavy atom. The third-order valence-corrected chi connectivity index (χ3v) is 3.73. The van der Waals surface area contributed by atoms with Crippen LogP contribution in [0, 0.1) is 5.82 Å². The maximum absolute atomic E-state index is 13.9. The van der Waals surface area contributed by atoms with E-state index in [9.17, 15) is 4.39 Å². The zero-order valence-corrected chi connectivity index (χ0v) is 10.6. The first-order valence-corrected chi connectivity index (χ1v) is 6.50. The number of piperidine rings is 1. The second-order valence-electron chi connectivity index (χ2n) is 5.02. The highest BCUT2D eigenvalue weighted by atomic mass is 19.1. The molecule has 3 rings (SSSR count). The fraction of sp³-hybridized carbons (Fsp3) is 0.357. The van der Waals surface area contributed by atoms with E-state index in [0.717, 1.165) is 31.7 Å². The number of nitrogen functional groups attached to an aromatic ring is 1. The first-order valence-electron chi connectivity index (χ1n) is 6.50. The molecule has 0 aliphatic carbocycles. The molecule has 0 amide bonds. The van der Waals surface area contributed by atoms with Gasteiger partial charge in [0.1, 0.15) is 11.6 Å². The van der Waals surface area contributed by atoms with Crippen molar-refractivity contribution in [3.63, 3.8) is 0 Å². The molecule has 2 heterocycles. The quantitative estimate of drug-likeness (QED) is 0.768. The first kappa shape index (κ1) is 12.2. The molecular formula is C14H17FN4. The number of anilines is 2. The van der Waals surface area contributed by atoms with Crippen molar-refractivity contribution >= 4 is 22.3 Å². The number of fused-ring (bicyclic) bond motifs is 1. The molecule has 1 fully saturated rings. The van der Waals surface area contributed by atoms with Gasteiger partial charge in [-0.15, -0.1) is 0 Å². The standard InChI is InChI=1S/C14H17FN4/c15-11-1-2-12(17)13-10(11)3-6-18-14(13)19-7-4-9(16)5-8-19/h1-3,6,9H,4-5,7-8,16-17H2. The molecule has 1 aliphatic heterocycles. The molecule has 1 aromatic carbocycles. The Hall–Kier alpha value is -1.88. The van der Waals surface area contributed by atoms with Crippen LogP contribution in [0.3, 0.4) is 0 Å². The first-order chi connectivity index (χ1) is 9.16. The van der Waals surface area contributed by atoms with Crippen molar-refractivity contribution in [1.82, 2.24) is 4.98 Å². The van der Waals surface area contributed by atoms with Crippen molar-refractivity contribution in [3.05, 3.63) is 30.2 Å². The summed E-state index contributed by atoms with van der Waals surface area (Å²) in [4.78, 5) is 6.54. The van der Waals surface area contributed by atoms with Crippen LogP contribution in [-0.4, -0.2) is 24.1 Å². The average molecular weight is 260 g/mol. The summed E-state index contributed by atoms with van der Waals surface area (Å²) in [5.74, 6) is 0.503. The van der Waals surface area contributed by atoms with E-state index in [1.54, 1.807) is 18.3 Å². The Bertz CT molecular complexity index is 606. The van der Waals surface area contributed by atoms with Gasteiger partial charge in [0, 0.05) is 36.4 Å². The van der Waals surface area contributed by atoms with E-state index >= 15 is 0 Å². The monoisotopic (exact) mass is 260 g/mol. The van der Waals surface area contributed by atoms with Gasteiger partial charge in [0.2, 0.25) is 0 Å². The molecule has 1 aromatic heterocycles. The molecular weight excluding hydrogens is 243 g/mol. The van der Waals surface area contributed by atoms with Gasteiger partial charge >= 0.3 is 0 Å². The Morgan fingerprint density at radius 2 is 1.95 bits per heavy atom. The van der Waals surface area contributed by atoms with Gasteiger partial charge in [0.15, 0.2) is 0 Å². The van der Waals surface area contributed by atoms with Crippen molar-refractivity contribution < 1.29 is 4.39 Å². The van der Waals surface area contributed by atoms with E-state index in [2.05, 4.69) is 9.88 Å². The van der Waals surface area contributed by atoms with Crippen LogP contribution < -0.4 is 16.4 Å². The number of aromatic nitrogens is 1. The molecule has 0 bridgehead atoms. The van der Waals surface area contributed by atoms with Gasteiger partial charge in [0.25, 0.3) is 0 Å². The lowest BCUT2D eigenvalue weighted by atomic mass is 10.0. The summed E-state index contributed by atoms with van der Waals surface area (Å²) in [6.45, 7) is 1.67. The lowest BCUT2D eigenvalue weighted by Crippen LogP contribution is -2.40. The molecule has 2 aromatic rings. The SMILES string of the molecule is Nc1ccc(F)c2ccnc(N3CCC(N)CC3)c12. The van der Waals surface area contributed by atoms with Gasteiger partial charge < -0.3 is 16.4 Å². The van der Waals surface area contributed by atoms with Crippen LogP contribution in [0.2, 0.25) is 0 Å². The summed E-state index contributed by atoms with van der Waals surface area (Å²) in [5, 5.41) is 1.23. The fourth-order valence-electron chi connectivity index (χ4n) is 2.62. The van der Waals surface area contributed by atoms with Crippen molar-refractivity contribution in [2.75, 3.05) is 23.7 Å². The minimum Gasteiger partial charge on any atom is -0.398 e. The molecule has 4 nitrogen and oxygen atoms in total. The van der Waals surface area contributed by atoms with Crippen molar-refractivity contribution in [1.29, 1.82) is 0 Å². The second kappa shape index (κ2) is 4.66. The van der Waals surface area contributed by atoms with Gasteiger partial charge in [-0.05, 0) is 31.0 Å². The third kappa shape index (κ3) is 2.10. The highest BCUT2D eigenvalue weighted by Crippen LogP contribution is 2.32. The lowest BCUT2D eigenvalue weighted by Gasteiger charge is -2.32. The summed E-state index contributed by atoms with van der Waals surface area (Å²) in [6.07, 6.45) is 3.48. The van der Waals surface area contributed by atoms with Crippen molar-refractivity contribution in [2.45, 2.75) is 18.9 Å². The molecule has 100 valence electrons. The van der Waals surface area contributed by atoms with Gasteiger partial charge in [-0.25, -0.2) is 9.37 Å². The number of hydrogen-bond donors (Lipinski definition) is 2. The summed E-state index contributed by atoms with van der Waals surface area (Å²) < 4.78 is 13.9. The third-order valence-electron chi connectivity index (χ3n) is 3.73. The highest BCUT2D eigenvalue weighted by molar-refractivity contribution is 6.01. The zero-order valence-electron chi connectivity index (χ0n) is 10.6. The minimum absolute atomic E-state index is 0.250. The van der Waals surface area contributed by atoms with E-state index in [1.807, 2.05) is 0 Å². The van der Waals surface area contributed by atoms with Crippen molar-refractivity contribution in [3.8, 4) is 0 Å². The Balaban J connectivity index is 2.11. The molecule has 4 N–H and O–H groups in total. The smallest absolute Gasteiger partial charge is 0.138 e. The van der Waals surface area contributed by atoms with E-state index in [-0.39, 0.29) is 11.9 Å². The van der Waals surface area contributed by atoms with Crippen LogP contribution in [0.4, 0.5) is 15.9 Å². The number of nitrogens with two attached hydrogens (primary N) is 2. The summed E-state index contributed by atoms with van der Waals surface area (Å²) in [5.41, 5.74) is 12.5. The van der Waals surface area contributed by atoms with Crippen LogP contribution in [0.1, 0.15) is 12.8 Å². The molecule has 0 radical (unpaired) electrons. The number of rotatable bonds is 1. The topological polar surface area (TPSA) is 68.2 Å². The Morgan fingerprint density at radius 1 is 1.21 bits per heavy atom. The molecule has 0 atom stereocenters. The summed E-state index contributed by atoms with van der Waals surface area (Å²) in [6, 6.07) is 4.91. The molecule has 19 heavy (non-hydrogen) atoms. The van der Waals surface area contributed by atoms with Crippen LogP contribution in [0.15, 0.2) is 24.4 Å². The van der Waals surface area contributed by atoms with E-state index in [1.165, 1.54) is 6.07 Å². The summed E-state index contributed by atoms with van der Waals surface area (Å²) in [7, 11) is 0. The molecule has 5 heteroatoms. The predicted octanol–water partition coefficient (Wildman–Crippen LogP) is 1.88. The van der Waals surface area contributed by atoms with E-state index < -0.39 is 0 Å². The number of pyridine rings is 1. The van der Waals surface area contributed by atoms with Crippen LogP contribution in [-0.2, 0) is 0 Å². The van der Waals surface area contributed by atoms with Gasteiger partial charge in [-0.3, -0.25) is 0 Å². The van der Waals surface area contributed by atoms with Crippen LogP contribution >= 0.6 is 0 Å². The predicted molar refractivity (Wildman–Crippen MR) is 75.5 cm³/mol. The average Bonchev–Trinajstić information content (AvgIpc) is 2.43. The molecule has 0 unspecified atom stereocenters. The number of benzene rings is 1. The van der Waals surface area contributed by atoms with Crippen LogP contribution in [0.25, 0.3) is 10.8 Å². The fourth-order valence-corrected chi connectivity index (χ4v) is 2.62. The molecule has 1 saturated heterocycles. The largest absolute Gasteiger partial charge is 0.398 e. The van der Waals surface area contributed by atoms with Gasteiger partial charge in [-0.1, -0.05) is 0 Å². The lowest BCUT2D eigenvalue weighted by molar-refractivity contribution is 0.499. The van der Waals surface area contributed by atoms with E-state index in [0.29, 0.717) is 16.5 Å². The minimum atomic E-state index is -0.262. The van der Waals surface area contributed by atoms with Gasteiger partial charge in [-0.2, -0.15) is 0 Å². The normalized spacial score (nSPS) is 17.1.